The third-order valence-corrected chi connectivity index (χ3v) is 4.66. The number of nitrogens with one attached hydrogen (secondary N) is 2. The van der Waals surface area contributed by atoms with Crippen LogP contribution in [-0.4, -0.2) is 27.3 Å². The van der Waals surface area contributed by atoms with Gasteiger partial charge in [0, 0.05) is 24.3 Å². The number of para-hydroxylation sites is 1. The number of amides is 2. The Morgan fingerprint density at radius 1 is 1.08 bits per heavy atom. The summed E-state index contributed by atoms with van der Waals surface area (Å²) in [5.41, 5.74) is 4.14. The fourth-order valence-corrected chi connectivity index (χ4v) is 3.18. The quantitative estimate of drug-likeness (QED) is 0.747. The van der Waals surface area contributed by atoms with Crippen LogP contribution in [-0.2, 0) is 13.0 Å². The molecule has 2 N–H and O–H groups in total. The minimum atomic E-state index is -0.189. The van der Waals surface area contributed by atoms with Crippen LogP contribution >= 0.6 is 0 Å². The summed E-state index contributed by atoms with van der Waals surface area (Å²) in [5, 5.41) is 6.07. The van der Waals surface area contributed by atoms with Crippen LogP contribution < -0.4 is 10.9 Å². The summed E-state index contributed by atoms with van der Waals surface area (Å²) in [4.78, 5) is 27.0. The molecule has 0 aliphatic carbocycles. The van der Waals surface area contributed by atoms with E-state index in [1.165, 1.54) is 0 Å². The van der Waals surface area contributed by atoms with Crippen LogP contribution in [0, 0.1) is 6.92 Å². The van der Waals surface area contributed by atoms with Crippen molar-refractivity contribution in [3.63, 3.8) is 0 Å². The van der Waals surface area contributed by atoms with Gasteiger partial charge in [0.25, 0.3) is 5.56 Å². The molecule has 4 rings (SSSR count). The van der Waals surface area contributed by atoms with E-state index in [9.17, 15) is 9.59 Å². The second kappa shape index (κ2) is 6.55. The van der Waals surface area contributed by atoms with E-state index in [0.29, 0.717) is 25.1 Å². The SMILES string of the molecule is Cc1ccc(NC(=O)N2CCc3[nH]n(-c4ccccc4)c(=O)c3C2)cc1. The Morgan fingerprint density at radius 2 is 1.81 bits per heavy atom. The number of carbonyl (C=O) groups is 1. The average Bonchev–Trinajstić information content (AvgIpc) is 3.00. The lowest BCUT2D eigenvalue weighted by Gasteiger charge is -2.26. The molecular weight excluding hydrogens is 328 g/mol. The summed E-state index contributed by atoms with van der Waals surface area (Å²) in [7, 11) is 0. The van der Waals surface area contributed by atoms with Crippen LogP contribution in [0.15, 0.2) is 59.4 Å². The van der Waals surface area contributed by atoms with Crippen molar-refractivity contribution < 1.29 is 4.79 Å². The largest absolute Gasteiger partial charge is 0.322 e. The number of rotatable bonds is 2. The number of aromatic nitrogens is 2. The first-order chi connectivity index (χ1) is 12.6. The van der Waals surface area contributed by atoms with Crippen molar-refractivity contribution in [3.8, 4) is 5.69 Å². The maximum atomic E-state index is 12.8. The Kier molecular flexibility index (Phi) is 4.08. The first kappa shape index (κ1) is 16.2. The van der Waals surface area contributed by atoms with Crippen molar-refractivity contribution in [2.24, 2.45) is 0 Å². The van der Waals surface area contributed by atoms with Crippen LogP contribution in [0.2, 0.25) is 0 Å². The van der Waals surface area contributed by atoms with Crippen LogP contribution in [0.25, 0.3) is 5.69 Å². The highest BCUT2D eigenvalue weighted by molar-refractivity contribution is 5.89. The summed E-state index contributed by atoms with van der Waals surface area (Å²) in [6.07, 6.45) is 0.631. The summed E-state index contributed by atoms with van der Waals surface area (Å²) in [6, 6.07) is 16.9. The van der Waals surface area contributed by atoms with E-state index in [0.717, 1.165) is 22.6 Å². The zero-order valence-corrected chi connectivity index (χ0v) is 14.5. The number of aryl methyl sites for hydroxylation is 1. The van der Waals surface area contributed by atoms with Gasteiger partial charge in [0.15, 0.2) is 0 Å². The number of hydrogen-bond donors (Lipinski definition) is 2. The van der Waals surface area contributed by atoms with Crippen molar-refractivity contribution in [2.45, 2.75) is 19.9 Å². The number of anilines is 1. The number of benzene rings is 2. The summed E-state index contributed by atoms with van der Waals surface area (Å²) in [5.74, 6) is 0. The summed E-state index contributed by atoms with van der Waals surface area (Å²) < 4.78 is 1.55. The van der Waals surface area contributed by atoms with Gasteiger partial charge in [0.05, 0.1) is 17.8 Å². The van der Waals surface area contributed by atoms with Gasteiger partial charge in [0.2, 0.25) is 0 Å². The lowest BCUT2D eigenvalue weighted by atomic mass is 10.1. The van der Waals surface area contributed by atoms with E-state index >= 15 is 0 Å². The standard InChI is InChI=1S/C20H20N4O2/c1-14-7-9-15(10-8-14)21-20(26)23-12-11-18-17(13-23)19(25)24(22-18)16-5-3-2-4-6-16/h2-10,22H,11-13H2,1H3,(H,21,26). The predicted octanol–water partition coefficient (Wildman–Crippen LogP) is 3.06. The maximum Gasteiger partial charge on any atom is 0.322 e. The van der Waals surface area contributed by atoms with Gasteiger partial charge in [0.1, 0.15) is 0 Å². The van der Waals surface area contributed by atoms with E-state index in [1.807, 2.05) is 61.5 Å². The lowest BCUT2D eigenvalue weighted by Crippen LogP contribution is -2.40. The third kappa shape index (κ3) is 3.01. The Morgan fingerprint density at radius 3 is 2.54 bits per heavy atom. The molecule has 132 valence electrons. The molecule has 0 bridgehead atoms. The van der Waals surface area contributed by atoms with Gasteiger partial charge in [-0.25, -0.2) is 9.48 Å². The van der Waals surface area contributed by atoms with E-state index in [4.69, 9.17) is 0 Å². The molecule has 0 radical (unpaired) electrons. The van der Waals surface area contributed by atoms with Crippen LogP contribution in [0.4, 0.5) is 10.5 Å². The number of fused-ring (bicyclic) bond motifs is 1. The zero-order chi connectivity index (χ0) is 18.1. The molecule has 2 aromatic carbocycles. The topological polar surface area (TPSA) is 70.1 Å². The van der Waals surface area contributed by atoms with E-state index in [-0.39, 0.29) is 11.6 Å². The predicted molar refractivity (Wildman–Crippen MR) is 101 cm³/mol. The number of carbonyl (C=O) groups excluding carboxylic acids is 1. The van der Waals surface area contributed by atoms with E-state index < -0.39 is 0 Å². The Labute approximate surface area is 151 Å². The Balaban J connectivity index is 1.54. The molecule has 1 aromatic heterocycles. The summed E-state index contributed by atoms with van der Waals surface area (Å²) in [6.45, 7) is 2.88. The fourth-order valence-electron chi connectivity index (χ4n) is 3.18. The molecule has 0 atom stereocenters. The molecule has 3 aromatic rings. The van der Waals surface area contributed by atoms with Gasteiger partial charge in [-0.2, -0.15) is 0 Å². The molecule has 6 heteroatoms. The smallest absolute Gasteiger partial charge is 0.320 e. The third-order valence-electron chi connectivity index (χ3n) is 4.66. The average molecular weight is 348 g/mol. The Hall–Kier alpha value is -3.28. The normalized spacial score (nSPS) is 13.3. The molecule has 0 saturated carbocycles. The van der Waals surface area contributed by atoms with Gasteiger partial charge in [-0.1, -0.05) is 35.9 Å². The number of urea groups is 1. The molecular formula is C20H20N4O2. The molecule has 6 nitrogen and oxygen atoms in total. The van der Waals surface area contributed by atoms with Crippen LogP contribution in [0.3, 0.4) is 0 Å². The maximum absolute atomic E-state index is 12.8. The van der Waals surface area contributed by atoms with Crippen molar-refractivity contribution in [3.05, 3.63) is 81.8 Å². The number of aromatic amines is 1. The first-order valence-electron chi connectivity index (χ1n) is 8.62. The fraction of sp³-hybridized carbons (Fsp3) is 0.200. The highest BCUT2D eigenvalue weighted by Crippen LogP contribution is 2.17. The number of hydrogen-bond acceptors (Lipinski definition) is 2. The second-order valence-corrected chi connectivity index (χ2v) is 6.51. The molecule has 26 heavy (non-hydrogen) atoms. The van der Waals surface area contributed by atoms with Crippen LogP contribution in [0.5, 0.6) is 0 Å². The molecule has 0 unspecified atom stereocenters. The van der Waals surface area contributed by atoms with Gasteiger partial charge < -0.3 is 10.2 Å². The zero-order valence-electron chi connectivity index (χ0n) is 14.5. The van der Waals surface area contributed by atoms with Gasteiger partial charge >= 0.3 is 6.03 Å². The van der Waals surface area contributed by atoms with Gasteiger partial charge in [-0.15, -0.1) is 0 Å². The number of H-pyrrole nitrogens is 1. The lowest BCUT2D eigenvalue weighted by molar-refractivity contribution is 0.206. The summed E-state index contributed by atoms with van der Waals surface area (Å²) >= 11 is 0. The molecule has 0 spiro atoms. The van der Waals surface area contributed by atoms with Crippen molar-refractivity contribution >= 4 is 11.7 Å². The minimum absolute atomic E-state index is 0.0981. The monoisotopic (exact) mass is 348 g/mol. The highest BCUT2D eigenvalue weighted by atomic mass is 16.2. The van der Waals surface area contributed by atoms with E-state index in [2.05, 4.69) is 10.4 Å². The molecule has 0 fully saturated rings. The molecule has 2 amide bonds. The van der Waals surface area contributed by atoms with Crippen LogP contribution in [0.1, 0.15) is 16.8 Å². The molecule has 1 aliphatic heterocycles. The highest BCUT2D eigenvalue weighted by Gasteiger charge is 2.26. The van der Waals surface area contributed by atoms with Crippen molar-refractivity contribution in [1.29, 1.82) is 0 Å². The van der Waals surface area contributed by atoms with Gasteiger partial charge in [-0.05, 0) is 31.2 Å². The van der Waals surface area contributed by atoms with Crippen molar-refractivity contribution in [2.75, 3.05) is 11.9 Å². The first-order valence-corrected chi connectivity index (χ1v) is 8.62. The number of nitrogens with zero attached hydrogens (tertiary/aromatic N) is 2. The molecule has 1 aliphatic rings. The van der Waals surface area contributed by atoms with Crippen molar-refractivity contribution in [1.82, 2.24) is 14.7 Å². The Bertz CT molecular complexity index is 987. The molecule has 0 saturated heterocycles. The minimum Gasteiger partial charge on any atom is -0.320 e. The van der Waals surface area contributed by atoms with Gasteiger partial charge in [-0.3, -0.25) is 9.89 Å². The molecule has 2 heterocycles. The van der Waals surface area contributed by atoms with E-state index in [1.54, 1.807) is 9.58 Å². The second-order valence-electron chi connectivity index (χ2n) is 6.51.